The van der Waals surface area contributed by atoms with E-state index in [0.29, 0.717) is 90.0 Å². The first-order chi connectivity index (χ1) is 27.8. The Labute approximate surface area is 342 Å². The topological polar surface area (TPSA) is 279 Å². The first-order valence-electron chi connectivity index (χ1n) is 19.1. The Bertz CT molecular complexity index is 1400. The summed E-state index contributed by atoms with van der Waals surface area (Å²) in [5.74, 6) is -5.33. The van der Waals surface area contributed by atoms with Crippen LogP contribution < -0.4 is 21.3 Å². The molecule has 1 saturated heterocycles. The smallest absolute Gasteiger partial charge is 0.407 e. The third kappa shape index (κ3) is 20.3. The fourth-order valence-corrected chi connectivity index (χ4v) is 5.72. The molecule has 2 rings (SSSR count). The lowest BCUT2D eigenvalue weighted by Gasteiger charge is -2.46. The van der Waals surface area contributed by atoms with E-state index in [1.54, 1.807) is 12.1 Å². The molecule has 1 aliphatic heterocycles. The van der Waals surface area contributed by atoms with Crippen LogP contribution in [0.4, 0.5) is 4.79 Å². The van der Waals surface area contributed by atoms with Crippen LogP contribution in [0.25, 0.3) is 0 Å². The molecule has 0 spiro atoms. The van der Waals surface area contributed by atoms with E-state index >= 15 is 0 Å². The Kier molecular flexibility index (Phi) is 24.9. The molecular formula is C37H59ClN4O16. The lowest BCUT2D eigenvalue weighted by atomic mass is 9.88. The number of carboxylic acids is 1. The van der Waals surface area contributed by atoms with Gasteiger partial charge in [0, 0.05) is 50.5 Å². The summed E-state index contributed by atoms with van der Waals surface area (Å²) in [6, 6.07) is 4.70. The normalized spacial score (nSPS) is 20.1. The molecule has 0 radical (unpaired) electrons. The maximum absolute atomic E-state index is 12.5. The average Bonchev–Trinajstić information content (AvgIpc) is 3.17. The van der Waals surface area contributed by atoms with E-state index in [1.165, 1.54) is 19.1 Å². The molecule has 1 fully saturated rings. The van der Waals surface area contributed by atoms with E-state index in [2.05, 4.69) is 21.3 Å². The van der Waals surface area contributed by atoms with Crippen LogP contribution >= 0.6 is 11.6 Å². The van der Waals surface area contributed by atoms with E-state index in [-0.39, 0.29) is 31.3 Å². The number of carbonyl (C=O) groups excluding carboxylic acids is 4. The molecule has 8 N–H and O–H groups in total. The standard InChI is InChI=1S/C37H59ClN4O16/c1-25(43)39-11-13-52-14-15-53-16-17-54-18-19-55-20-21-56-36(51)40-10-5-3-4-6-12-57-37(35(49)50)23-29(45)31(42-26(2)44)33(58-37)32(47)30(46)24-41-34(48)27-8-7-9-28(38)22-27/h7-9,22,29-33,45-47H,3-6,10-21,23-24H2,1-2H3,(H,39,43)(H,40,51)(H,41,48)(H,42,44)(H,49,50)/t29-,30+,31+,32+,33+,37+/m0/s1. The maximum atomic E-state index is 12.5. The summed E-state index contributed by atoms with van der Waals surface area (Å²) < 4.78 is 37.9. The highest BCUT2D eigenvalue weighted by atomic mass is 35.5. The zero-order valence-electron chi connectivity index (χ0n) is 33.0. The molecule has 21 heteroatoms. The Morgan fingerprint density at radius 3 is 2.03 bits per heavy atom. The molecule has 1 heterocycles. The van der Waals surface area contributed by atoms with Gasteiger partial charge in [-0.1, -0.05) is 30.5 Å². The second-order valence-corrected chi connectivity index (χ2v) is 13.6. The average molecular weight is 851 g/mol. The van der Waals surface area contributed by atoms with Gasteiger partial charge in [-0.2, -0.15) is 0 Å². The number of aliphatic carboxylic acids is 1. The van der Waals surface area contributed by atoms with E-state index in [4.69, 9.17) is 44.8 Å². The van der Waals surface area contributed by atoms with E-state index in [1.807, 2.05) is 0 Å². The van der Waals surface area contributed by atoms with Crippen molar-refractivity contribution >= 4 is 41.4 Å². The largest absolute Gasteiger partial charge is 0.477 e. The highest BCUT2D eigenvalue weighted by Crippen LogP contribution is 2.34. The zero-order chi connectivity index (χ0) is 42.8. The van der Waals surface area contributed by atoms with Gasteiger partial charge in [0.1, 0.15) is 18.8 Å². The summed E-state index contributed by atoms with van der Waals surface area (Å²) >= 11 is 5.93. The number of carbonyl (C=O) groups is 5. The van der Waals surface area contributed by atoms with Crippen LogP contribution in [0, 0.1) is 0 Å². The van der Waals surface area contributed by atoms with Crippen molar-refractivity contribution in [1.82, 2.24) is 21.3 Å². The fraction of sp³-hybridized carbons (Fsp3) is 0.703. The molecule has 1 aromatic carbocycles. The van der Waals surface area contributed by atoms with Crippen LogP contribution in [0.1, 0.15) is 56.3 Å². The first-order valence-corrected chi connectivity index (χ1v) is 19.5. The number of carboxylic acid groups (broad SMARTS) is 1. The van der Waals surface area contributed by atoms with Crippen molar-refractivity contribution in [3.63, 3.8) is 0 Å². The zero-order valence-corrected chi connectivity index (χ0v) is 33.7. The Morgan fingerprint density at radius 1 is 0.810 bits per heavy atom. The van der Waals surface area contributed by atoms with Gasteiger partial charge in [-0.25, -0.2) is 9.59 Å². The number of halogens is 1. The molecule has 0 aromatic heterocycles. The van der Waals surface area contributed by atoms with Gasteiger partial charge in [0.15, 0.2) is 0 Å². The van der Waals surface area contributed by atoms with Crippen LogP contribution in [0.2, 0.25) is 5.02 Å². The Morgan fingerprint density at radius 2 is 1.43 bits per heavy atom. The number of nitrogens with one attached hydrogen (secondary N) is 4. The number of rotatable bonds is 30. The third-order valence-electron chi connectivity index (χ3n) is 8.43. The van der Waals surface area contributed by atoms with Gasteiger partial charge < -0.3 is 74.9 Å². The van der Waals surface area contributed by atoms with Crippen LogP contribution in [0.3, 0.4) is 0 Å². The highest BCUT2D eigenvalue weighted by molar-refractivity contribution is 6.30. The van der Waals surface area contributed by atoms with Crippen molar-refractivity contribution in [3.8, 4) is 0 Å². The molecule has 0 aliphatic carbocycles. The van der Waals surface area contributed by atoms with Crippen molar-refractivity contribution in [3.05, 3.63) is 34.9 Å². The number of hydrogen-bond donors (Lipinski definition) is 8. The molecule has 6 atom stereocenters. The Balaban J connectivity index is 1.62. The van der Waals surface area contributed by atoms with Gasteiger partial charge in [0.25, 0.3) is 11.7 Å². The van der Waals surface area contributed by atoms with E-state index in [0.717, 1.165) is 6.92 Å². The van der Waals surface area contributed by atoms with Crippen LogP contribution in [0.5, 0.6) is 0 Å². The predicted octanol–water partition coefficient (Wildman–Crippen LogP) is -0.267. The molecule has 1 aliphatic rings. The molecule has 1 aromatic rings. The summed E-state index contributed by atoms with van der Waals surface area (Å²) in [6.45, 7) is 5.73. The molecule has 0 saturated carbocycles. The number of aliphatic hydroxyl groups is 3. The number of benzene rings is 1. The van der Waals surface area contributed by atoms with Gasteiger partial charge >= 0.3 is 12.1 Å². The number of ether oxygens (including phenoxy) is 7. The van der Waals surface area contributed by atoms with Crippen molar-refractivity contribution in [1.29, 1.82) is 0 Å². The second kappa shape index (κ2) is 28.7. The maximum Gasteiger partial charge on any atom is 0.407 e. The molecular weight excluding hydrogens is 792 g/mol. The minimum Gasteiger partial charge on any atom is -0.477 e. The van der Waals surface area contributed by atoms with Gasteiger partial charge in [0.05, 0.1) is 77.7 Å². The minimum absolute atomic E-state index is 0.0548. The lowest BCUT2D eigenvalue weighted by molar-refractivity contribution is -0.310. The molecule has 4 amide bonds. The summed E-state index contributed by atoms with van der Waals surface area (Å²) in [7, 11) is 0. The van der Waals surface area contributed by atoms with Crippen LogP contribution in [-0.2, 0) is 47.5 Å². The van der Waals surface area contributed by atoms with E-state index in [9.17, 15) is 44.4 Å². The summed E-state index contributed by atoms with van der Waals surface area (Å²) in [5.41, 5.74) is 0.194. The summed E-state index contributed by atoms with van der Waals surface area (Å²) in [4.78, 5) is 59.6. The monoisotopic (exact) mass is 850 g/mol. The van der Waals surface area contributed by atoms with Gasteiger partial charge in [-0.05, 0) is 31.0 Å². The first kappa shape index (κ1) is 50.4. The van der Waals surface area contributed by atoms with E-state index < -0.39 is 73.1 Å². The summed E-state index contributed by atoms with van der Waals surface area (Å²) in [6.07, 6.45) is -5.81. The fourth-order valence-electron chi connectivity index (χ4n) is 5.53. The Hall–Kier alpha value is -3.70. The second-order valence-electron chi connectivity index (χ2n) is 13.2. The highest BCUT2D eigenvalue weighted by Gasteiger charge is 2.55. The SMILES string of the molecule is CC(=O)NCCOCCOCCOCCOCCOC(=O)NCCCCCCO[C@]1(C(=O)O)C[C@H](O)[C@@H](NC(C)=O)[C@H]([C@H](O)[C@H](O)CNC(=O)c2cccc(Cl)c2)O1. The van der Waals surface area contributed by atoms with Crippen molar-refractivity contribution in [2.45, 2.75) is 82.2 Å². The van der Waals surface area contributed by atoms with Gasteiger partial charge in [0.2, 0.25) is 11.8 Å². The number of amides is 4. The number of alkyl carbamates (subject to hydrolysis) is 1. The number of aliphatic hydroxyl groups excluding tert-OH is 3. The number of unbranched alkanes of at least 4 members (excludes halogenated alkanes) is 3. The van der Waals surface area contributed by atoms with Crippen LogP contribution in [0.15, 0.2) is 24.3 Å². The molecule has 20 nitrogen and oxygen atoms in total. The molecule has 58 heavy (non-hydrogen) atoms. The third-order valence-corrected chi connectivity index (χ3v) is 8.67. The lowest BCUT2D eigenvalue weighted by Crippen LogP contribution is -2.68. The van der Waals surface area contributed by atoms with Crippen molar-refractivity contribution in [2.24, 2.45) is 0 Å². The predicted molar refractivity (Wildman–Crippen MR) is 205 cm³/mol. The van der Waals surface area contributed by atoms with Gasteiger partial charge in [-0.3, -0.25) is 14.4 Å². The number of hydrogen-bond acceptors (Lipinski definition) is 15. The quantitative estimate of drug-likeness (QED) is 0.0463. The minimum atomic E-state index is -2.42. The van der Waals surface area contributed by atoms with Crippen molar-refractivity contribution in [2.75, 3.05) is 85.7 Å². The molecule has 330 valence electrons. The van der Waals surface area contributed by atoms with Crippen LogP contribution in [-0.4, -0.2) is 172 Å². The van der Waals surface area contributed by atoms with Crippen molar-refractivity contribution < 1.29 is 77.6 Å². The summed E-state index contributed by atoms with van der Waals surface area (Å²) in [5, 5.41) is 53.3. The molecule has 0 bridgehead atoms. The molecule has 0 unspecified atom stereocenters. The van der Waals surface area contributed by atoms with Gasteiger partial charge in [-0.15, -0.1) is 0 Å².